The number of para-hydroxylation sites is 2. The highest BCUT2D eigenvalue weighted by molar-refractivity contribution is 5.97. The molecule has 1 amide bonds. The monoisotopic (exact) mass is 270 g/mol. The molecule has 0 aliphatic heterocycles. The highest BCUT2D eigenvalue weighted by Crippen LogP contribution is 2.14. The third-order valence-corrected chi connectivity index (χ3v) is 2.65. The fourth-order valence-electron chi connectivity index (χ4n) is 1.73. The second-order valence-corrected chi connectivity index (χ2v) is 4.12. The number of anilines is 2. The van der Waals surface area contributed by atoms with Gasteiger partial charge in [0.2, 0.25) is 5.91 Å². The van der Waals surface area contributed by atoms with Crippen LogP contribution in [0.15, 0.2) is 54.6 Å². The molecule has 102 valence electrons. The lowest BCUT2D eigenvalue weighted by atomic mass is 10.2. The molecule has 0 atom stereocenters. The topological polar surface area (TPSA) is 78.4 Å². The van der Waals surface area contributed by atoms with Crippen LogP contribution in [0.3, 0.4) is 0 Å². The molecular weight excluding hydrogens is 256 g/mol. The Balaban J connectivity index is 1.96. The van der Waals surface area contributed by atoms with Crippen molar-refractivity contribution < 1.29 is 14.7 Å². The summed E-state index contributed by atoms with van der Waals surface area (Å²) < 4.78 is 0. The molecule has 0 aliphatic carbocycles. The normalized spacial score (nSPS) is 9.80. The fraction of sp³-hybridized carbons (Fsp3) is 0.0667. The van der Waals surface area contributed by atoms with E-state index in [-0.39, 0.29) is 18.0 Å². The predicted octanol–water partition coefficient (Wildman–Crippen LogP) is 2.44. The van der Waals surface area contributed by atoms with Gasteiger partial charge in [-0.2, -0.15) is 0 Å². The molecule has 0 radical (unpaired) electrons. The van der Waals surface area contributed by atoms with Crippen LogP contribution in [0.5, 0.6) is 0 Å². The van der Waals surface area contributed by atoms with Gasteiger partial charge in [-0.1, -0.05) is 30.3 Å². The summed E-state index contributed by atoms with van der Waals surface area (Å²) in [4.78, 5) is 22.8. The molecular formula is C15H14N2O3. The van der Waals surface area contributed by atoms with Gasteiger partial charge in [0.15, 0.2) is 0 Å². The number of nitrogens with one attached hydrogen (secondary N) is 2. The minimum atomic E-state index is -1.03. The standard InChI is InChI=1S/C15H14N2O3/c18-14(17-11-6-2-1-3-7-11)10-16-13-9-5-4-8-12(13)15(19)20/h1-9,16H,10H2,(H,17,18)(H,19,20). The maximum atomic E-state index is 11.7. The van der Waals surface area contributed by atoms with E-state index in [1.807, 2.05) is 18.2 Å². The average Bonchev–Trinajstić information content (AvgIpc) is 2.46. The molecule has 20 heavy (non-hydrogen) atoms. The Labute approximate surface area is 116 Å². The molecule has 3 N–H and O–H groups in total. The van der Waals surface area contributed by atoms with Gasteiger partial charge < -0.3 is 15.7 Å². The van der Waals surface area contributed by atoms with Crippen LogP contribution in [0.1, 0.15) is 10.4 Å². The van der Waals surface area contributed by atoms with E-state index in [9.17, 15) is 9.59 Å². The number of benzene rings is 2. The van der Waals surface area contributed by atoms with Gasteiger partial charge in [-0.3, -0.25) is 4.79 Å². The lowest BCUT2D eigenvalue weighted by Crippen LogP contribution is -2.22. The van der Waals surface area contributed by atoms with E-state index in [2.05, 4.69) is 10.6 Å². The van der Waals surface area contributed by atoms with E-state index in [4.69, 9.17) is 5.11 Å². The zero-order valence-electron chi connectivity index (χ0n) is 10.7. The second kappa shape index (κ2) is 6.38. The summed E-state index contributed by atoms with van der Waals surface area (Å²) in [5, 5.41) is 14.6. The summed E-state index contributed by atoms with van der Waals surface area (Å²) in [6, 6.07) is 15.5. The van der Waals surface area contributed by atoms with Crippen LogP contribution in [-0.4, -0.2) is 23.5 Å². The Morgan fingerprint density at radius 3 is 2.30 bits per heavy atom. The van der Waals surface area contributed by atoms with Gasteiger partial charge in [0.25, 0.3) is 0 Å². The molecule has 0 saturated carbocycles. The fourth-order valence-corrected chi connectivity index (χ4v) is 1.73. The predicted molar refractivity (Wildman–Crippen MR) is 77.0 cm³/mol. The first-order valence-electron chi connectivity index (χ1n) is 6.08. The molecule has 0 aliphatic rings. The first-order chi connectivity index (χ1) is 9.66. The number of hydrogen-bond acceptors (Lipinski definition) is 3. The van der Waals surface area contributed by atoms with Crippen molar-refractivity contribution in [2.75, 3.05) is 17.2 Å². The van der Waals surface area contributed by atoms with Crippen molar-refractivity contribution in [1.29, 1.82) is 0 Å². The van der Waals surface area contributed by atoms with E-state index in [1.54, 1.807) is 30.3 Å². The van der Waals surface area contributed by atoms with Crippen LogP contribution in [0.2, 0.25) is 0 Å². The maximum absolute atomic E-state index is 11.7. The minimum absolute atomic E-state index is 0.000806. The van der Waals surface area contributed by atoms with Crippen molar-refractivity contribution in [2.45, 2.75) is 0 Å². The summed E-state index contributed by atoms with van der Waals surface area (Å²) in [7, 11) is 0. The number of hydrogen-bond donors (Lipinski definition) is 3. The largest absolute Gasteiger partial charge is 0.478 e. The average molecular weight is 270 g/mol. The number of carbonyl (C=O) groups is 2. The molecule has 0 spiro atoms. The van der Waals surface area contributed by atoms with Crippen molar-refractivity contribution in [3.8, 4) is 0 Å². The lowest BCUT2D eigenvalue weighted by molar-refractivity contribution is -0.114. The van der Waals surface area contributed by atoms with Crippen LogP contribution in [0.4, 0.5) is 11.4 Å². The minimum Gasteiger partial charge on any atom is -0.478 e. The summed E-state index contributed by atoms with van der Waals surface area (Å²) in [5.74, 6) is -1.27. The molecule has 5 nitrogen and oxygen atoms in total. The molecule has 0 saturated heterocycles. The van der Waals surface area contributed by atoms with E-state index in [0.717, 1.165) is 0 Å². The smallest absolute Gasteiger partial charge is 0.337 e. The number of rotatable bonds is 5. The first-order valence-corrected chi connectivity index (χ1v) is 6.08. The number of carbonyl (C=O) groups excluding carboxylic acids is 1. The molecule has 0 fully saturated rings. The van der Waals surface area contributed by atoms with Gasteiger partial charge in [-0.15, -0.1) is 0 Å². The van der Waals surface area contributed by atoms with Crippen molar-refractivity contribution >= 4 is 23.3 Å². The molecule has 5 heteroatoms. The summed E-state index contributed by atoms with van der Waals surface area (Å²) >= 11 is 0. The zero-order chi connectivity index (χ0) is 14.4. The number of amides is 1. The summed E-state index contributed by atoms with van der Waals surface area (Å²) in [6.45, 7) is -0.000806. The number of carboxylic acids is 1. The Bertz CT molecular complexity index is 612. The van der Waals surface area contributed by atoms with E-state index >= 15 is 0 Å². The first kappa shape index (κ1) is 13.6. The van der Waals surface area contributed by atoms with Gasteiger partial charge >= 0.3 is 5.97 Å². The van der Waals surface area contributed by atoms with Crippen molar-refractivity contribution in [3.63, 3.8) is 0 Å². The third kappa shape index (κ3) is 3.58. The lowest BCUT2D eigenvalue weighted by Gasteiger charge is -2.09. The van der Waals surface area contributed by atoms with Gasteiger partial charge in [0.05, 0.1) is 12.1 Å². The second-order valence-electron chi connectivity index (χ2n) is 4.12. The van der Waals surface area contributed by atoms with Gasteiger partial charge in [0, 0.05) is 11.4 Å². The van der Waals surface area contributed by atoms with Crippen LogP contribution in [0.25, 0.3) is 0 Å². The van der Waals surface area contributed by atoms with Gasteiger partial charge in [0.1, 0.15) is 0 Å². The van der Waals surface area contributed by atoms with Crippen molar-refractivity contribution in [2.24, 2.45) is 0 Å². The summed E-state index contributed by atoms with van der Waals surface area (Å²) in [5.41, 5.74) is 1.26. The van der Waals surface area contributed by atoms with Gasteiger partial charge in [-0.25, -0.2) is 4.79 Å². The molecule has 0 heterocycles. The van der Waals surface area contributed by atoms with Crippen molar-refractivity contribution in [1.82, 2.24) is 0 Å². The maximum Gasteiger partial charge on any atom is 0.337 e. The summed E-state index contributed by atoms with van der Waals surface area (Å²) in [6.07, 6.45) is 0. The Hall–Kier alpha value is -2.82. The molecule has 2 rings (SSSR count). The van der Waals surface area contributed by atoms with Crippen LogP contribution >= 0.6 is 0 Å². The Morgan fingerprint density at radius 2 is 1.60 bits per heavy atom. The molecule has 0 bridgehead atoms. The molecule has 2 aromatic carbocycles. The Morgan fingerprint density at radius 1 is 0.950 bits per heavy atom. The number of carboxylic acid groups (broad SMARTS) is 1. The van der Waals surface area contributed by atoms with E-state index in [0.29, 0.717) is 11.4 Å². The van der Waals surface area contributed by atoms with Crippen LogP contribution in [0, 0.1) is 0 Å². The van der Waals surface area contributed by atoms with Crippen LogP contribution < -0.4 is 10.6 Å². The van der Waals surface area contributed by atoms with E-state index < -0.39 is 5.97 Å². The molecule has 0 aromatic heterocycles. The Kier molecular flexibility index (Phi) is 4.34. The quantitative estimate of drug-likeness (QED) is 0.779. The number of aromatic carboxylic acids is 1. The SMILES string of the molecule is O=C(CNc1ccccc1C(=O)O)Nc1ccccc1. The zero-order valence-corrected chi connectivity index (χ0v) is 10.7. The van der Waals surface area contributed by atoms with E-state index in [1.165, 1.54) is 6.07 Å². The third-order valence-electron chi connectivity index (χ3n) is 2.65. The van der Waals surface area contributed by atoms with Crippen LogP contribution in [-0.2, 0) is 4.79 Å². The molecule has 2 aromatic rings. The van der Waals surface area contributed by atoms with Gasteiger partial charge in [-0.05, 0) is 24.3 Å². The molecule has 0 unspecified atom stereocenters. The highest BCUT2D eigenvalue weighted by Gasteiger charge is 2.09. The highest BCUT2D eigenvalue weighted by atomic mass is 16.4. The van der Waals surface area contributed by atoms with Crippen molar-refractivity contribution in [3.05, 3.63) is 60.2 Å².